The Morgan fingerprint density at radius 2 is 2.17 bits per heavy atom. The molecule has 1 heterocycles. The Balaban J connectivity index is 2.31. The summed E-state index contributed by atoms with van der Waals surface area (Å²) in [6, 6.07) is 0. The van der Waals surface area contributed by atoms with E-state index in [1.54, 1.807) is 0 Å². The van der Waals surface area contributed by atoms with Gasteiger partial charge in [-0.15, -0.1) is 0 Å². The third-order valence-corrected chi connectivity index (χ3v) is 4.23. The van der Waals surface area contributed by atoms with Crippen LogP contribution in [-0.4, -0.2) is 12.5 Å². The van der Waals surface area contributed by atoms with Crippen molar-refractivity contribution in [1.82, 2.24) is 5.32 Å². The van der Waals surface area contributed by atoms with E-state index in [1.807, 2.05) is 0 Å². The summed E-state index contributed by atoms with van der Waals surface area (Å²) in [5.41, 5.74) is 0.351. The maximum Gasteiger partial charge on any atom is 0.223 e. The van der Waals surface area contributed by atoms with Crippen LogP contribution >= 0.6 is 0 Å². The van der Waals surface area contributed by atoms with E-state index in [-0.39, 0.29) is 5.91 Å². The highest BCUT2D eigenvalue weighted by Gasteiger charge is 2.51. The number of piperidine rings is 1. The molecule has 2 heteroatoms. The minimum Gasteiger partial charge on any atom is -0.356 e. The van der Waals surface area contributed by atoms with Gasteiger partial charge in [-0.1, -0.05) is 20.8 Å². The smallest absolute Gasteiger partial charge is 0.223 e. The molecule has 1 N–H and O–H groups in total. The quantitative estimate of drug-likeness (QED) is 0.580. The standard InChI is InChI=1S/C10H17NO/c1-6-8-4-7(10(6,2)3)5-11-9(8)12/h6-8H,4-5H2,1-3H3,(H,11,12)/t6-,7+,8+/m0/s1. The van der Waals surface area contributed by atoms with E-state index in [0.29, 0.717) is 23.2 Å². The lowest BCUT2D eigenvalue weighted by atomic mass is 9.76. The molecule has 2 fully saturated rings. The van der Waals surface area contributed by atoms with Crippen LogP contribution in [0.25, 0.3) is 0 Å². The van der Waals surface area contributed by atoms with Gasteiger partial charge in [0.25, 0.3) is 0 Å². The molecule has 0 spiro atoms. The van der Waals surface area contributed by atoms with Gasteiger partial charge in [0.2, 0.25) is 5.91 Å². The third-order valence-electron chi connectivity index (χ3n) is 4.23. The highest BCUT2D eigenvalue weighted by Crippen LogP contribution is 2.51. The first-order valence-electron chi connectivity index (χ1n) is 4.81. The summed E-state index contributed by atoms with van der Waals surface area (Å²) in [5.74, 6) is 1.82. The first-order chi connectivity index (χ1) is 5.53. The molecule has 2 rings (SSSR count). The van der Waals surface area contributed by atoms with Gasteiger partial charge in [0.15, 0.2) is 0 Å². The number of rotatable bonds is 0. The lowest BCUT2D eigenvalue weighted by molar-refractivity contribution is -0.127. The number of amides is 1. The van der Waals surface area contributed by atoms with Crippen LogP contribution in [0.1, 0.15) is 27.2 Å². The molecule has 3 atom stereocenters. The van der Waals surface area contributed by atoms with Gasteiger partial charge in [-0.05, 0) is 23.7 Å². The summed E-state index contributed by atoms with van der Waals surface area (Å²) in [6.45, 7) is 7.70. The summed E-state index contributed by atoms with van der Waals surface area (Å²) >= 11 is 0. The van der Waals surface area contributed by atoms with Crippen LogP contribution in [-0.2, 0) is 4.79 Å². The van der Waals surface area contributed by atoms with Crippen molar-refractivity contribution in [2.45, 2.75) is 27.2 Å². The SMILES string of the molecule is C[C@H]1[C@H]2C[C@H](CNC2=O)C1(C)C. The van der Waals surface area contributed by atoms with Gasteiger partial charge in [0.05, 0.1) is 0 Å². The molecule has 12 heavy (non-hydrogen) atoms. The van der Waals surface area contributed by atoms with E-state index in [2.05, 4.69) is 26.1 Å². The highest BCUT2D eigenvalue weighted by atomic mass is 16.2. The van der Waals surface area contributed by atoms with Gasteiger partial charge in [0, 0.05) is 12.5 Å². The highest BCUT2D eigenvalue weighted by molar-refractivity contribution is 5.80. The zero-order chi connectivity index (χ0) is 8.93. The van der Waals surface area contributed by atoms with Crippen LogP contribution in [0.5, 0.6) is 0 Å². The van der Waals surface area contributed by atoms with Crippen molar-refractivity contribution in [3.63, 3.8) is 0 Å². The van der Waals surface area contributed by atoms with Crippen LogP contribution in [0, 0.1) is 23.2 Å². The molecule has 1 saturated heterocycles. The molecule has 2 bridgehead atoms. The molecule has 1 amide bonds. The van der Waals surface area contributed by atoms with Crippen molar-refractivity contribution in [1.29, 1.82) is 0 Å². The monoisotopic (exact) mass is 167 g/mol. The Bertz CT molecular complexity index is 222. The first-order valence-corrected chi connectivity index (χ1v) is 4.81. The molecular weight excluding hydrogens is 150 g/mol. The predicted octanol–water partition coefficient (Wildman–Crippen LogP) is 1.41. The molecule has 1 aliphatic carbocycles. The molecule has 0 aromatic rings. The fourth-order valence-electron chi connectivity index (χ4n) is 2.74. The second-order valence-electron chi connectivity index (χ2n) is 4.89. The Hall–Kier alpha value is -0.530. The normalized spacial score (nSPS) is 44.2. The molecule has 2 nitrogen and oxygen atoms in total. The van der Waals surface area contributed by atoms with Gasteiger partial charge < -0.3 is 5.32 Å². The molecule has 1 saturated carbocycles. The van der Waals surface area contributed by atoms with Gasteiger partial charge >= 0.3 is 0 Å². The first kappa shape index (κ1) is 8.09. The average molecular weight is 167 g/mol. The molecule has 68 valence electrons. The number of carbonyl (C=O) groups is 1. The number of carbonyl (C=O) groups excluding carboxylic acids is 1. The largest absolute Gasteiger partial charge is 0.356 e. The van der Waals surface area contributed by atoms with E-state index in [4.69, 9.17) is 0 Å². The van der Waals surface area contributed by atoms with Crippen LogP contribution in [0.4, 0.5) is 0 Å². The predicted molar refractivity (Wildman–Crippen MR) is 47.6 cm³/mol. The Morgan fingerprint density at radius 1 is 1.50 bits per heavy atom. The van der Waals surface area contributed by atoms with Gasteiger partial charge in [-0.25, -0.2) is 0 Å². The number of hydrogen-bond acceptors (Lipinski definition) is 1. The van der Waals surface area contributed by atoms with Crippen molar-refractivity contribution in [3.8, 4) is 0 Å². The maximum atomic E-state index is 11.4. The number of nitrogens with one attached hydrogen (secondary N) is 1. The molecule has 0 aromatic carbocycles. The second-order valence-corrected chi connectivity index (χ2v) is 4.89. The van der Waals surface area contributed by atoms with E-state index in [9.17, 15) is 4.79 Å². The summed E-state index contributed by atoms with van der Waals surface area (Å²) in [5, 5.41) is 2.99. The number of fused-ring (bicyclic) bond motifs is 2. The van der Waals surface area contributed by atoms with E-state index < -0.39 is 0 Å². The van der Waals surface area contributed by atoms with Gasteiger partial charge in [-0.3, -0.25) is 4.79 Å². The van der Waals surface area contributed by atoms with Gasteiger partial charge in [-0.2, -0.15) is 0 Å². The molecule has 2 aliphatic rings. The zero-order valence-corrected chi connectivity index (χ0v) is 8.05. The lowest BCUT2D eigenvalue weighted by Gasteiger charge is -2.29. The average Bonchev–Trinajstić information content (AvgIpc) is 2.20. The van der Waals surface area contributed by atoms with Crippen molar-refractivity contribution >= 4 is 5.91 Å². The fraction of sp³-hybridized carbons (Fsp3) is 0.900. The Kier molecular flexibility index (Phi) is 1.51. The van der Waals surface area contributed by atoms with Crippen LogP contribution in [0.3, 0.4) is 0 Å². The summed E-state index contributed by atoms with van der Waals surface area (Å²) in [4.78, 5) is 11.4. The van der Waals surface area contributed by atoms with Gasteiger partial charge in [0.1, 0.15) is 0 Å². The Labute approximate surface area is 73.7 Å². The van der Waals surface area contributed by atoms with E-state index >= 15 is 0 Å². The van der Waals surface area contributed by atoms with Crippen LogP contribution in [0.15, 0.2) is 0 Å². The minimum atomic E-state index is 0.282. The van der Waals surface area contributed by atoms with Crippen molar-refractivity contribution in [2.24, 2.45) is 23.2 Å². The molecule has 0 radical (unpaired) electrons. The molecular formula is C10H17NO. The summed E-state index contributed by atoms with van der Waals surface area (Å²) in [7, 11) is 0. The fourth-order valence-corrected chi connectivity index (χ4v) is 2.74. The van der Waals surface area contributed by atoms with Crippen LogP contribution < -0.4 is 5.32 Å². The second kappa shape index (κ2) is 2.24. The van der Waals surface area contributed by atoms with E-state index in [0.717, 1.165) is 13.0 Å². The maximum absolute atomic E-state index is 11.4. The number of hydrogen-bond donors (Lipinski definition) is 1. The van der Waals surface area contributed by atoms with Crippen molar-refractivity contribution in [3.05, 3.63) is 0 Å². The lowest BCUT2D eigenvalue weighted by Crippen LogP contribution is -2.38. The molecule has 0 aromatic heterocycles. The topological polar surface area (TPSA) is 29.1 Å². The van der Waals surface area contributed by atoms with Crippen molar-refractivity contribution in [2.75, 3.05) is 6.54 Å². The minimum absolute atomic E-state index is 0.282. The summed E-state index contributed by atoms with van der Waals surface area (Å²) in [6.07, 6.45) is 1.11. The molecule has 0 unspecified atom stereocenters. The summed E-state index contributed by atoms with van der Waals surface area (Å²) < 4.78 is 0. The Morgan fingerprint density at radius 3 is 2.75 bits per heavy atom. The van der Waals surface area contributed by atoms with Crippen molar-refractivity contribution < 1.29 is 4.79 Å². The van der Waals surface area contributed by atoms with E-state index in [1.165, 1.54) is 0 Å². The van der Waals surface area contributed by atoms with Crippen LogP contribution in [0.2, 0.25) is 0 Å². The third kappa shape index (κ3) is 0.838. The molecule has 1 aliphatic heterocycles. The zero-order valence-electron chi connectivity index (χ0n) is 8.05.